The monoisotopic (exact) mass is 252 g/mol. The van der Waals surface area contributed by atoms with E-state index in [9.17, 15) is 9.18 Å². The van der Waals surface area contributed by atoms with Crippen molar-refractivity contribution >= 4 is 11.6 Å². The molecular formula is C13H17FN2O2. The number of amides is 1. The fraction of sp³-hybridized carbons (Fsp3) is 0.462. The molecule has 1 aromatic rings. The van der Waals surface area contributed by atoms with E-state index in [-0.39, 0.29) is 18.1 Å². The van der Waals surface area contributed by atoms with Gasteiger partial charge in [-0.1, -0.05) is 6.07 Å². The van der Waals surface area contributed by atoms with Crippen molar-refractivity contribution < 1.29 is 13.9 Å². The van der Waals surface area contributed by atoms with E-state index in [1.807, 2.05) is 0 Å². The number of ether oxygens (including phenoxy) is 1. The maximum absolute atomic E-state index is 13.7. The molecule has 0 saturated carbocycles. The molecule has 1 saturated heterocycles. The van der Waals surface area contributed by atoms with Crippen molar-refractivity contribution in [3.8, 4) is 0 Å². The van der Waals surface area contributed by atoms with Gasteiger partial charge in [0.25, 0.3) is 5.91 Å². The van der Waals surface area contributed by atoms with E-state index in [1.54, 1.807) is 13.0 Å². The molecule has 98 valence electrons. The quantitative estimate of drug-likeness (QED) is 0.862. The molecule has 1 aliphatic heterocycles. The lowest BCUT2D eigenvalue weighted by Gasteiger charge is -2.22. The Hall–Kier alpha value is -1.46. The van der Waals surface area contributed by atoms with Crippen molar-refractivity contribution in [1.82, 2.24) is 0 Å². The van der Waals surface area contributed by atoms with E-state index in [0.717, 1.165) is 6.42 Å². The Morgan fingerprint density at radius 2 is 2.39 bits per heavy atom. The minimum atomic E-state index is -0.848. The molecule has 0 spiro atoms. The van der Waals surface area contributed by atoms with Crippen molar-refractivity contribution in [1.29, 1.82) is 0 Å². The van der Waals surface area contributed by atoms with Crippen molar-refractivity contribution in [2.24, 2.45) is 5.73 Å². The van der Waals surface area contributed by atoms with Crippen LogP contribution in [0.3, 0.4) is 0 Å². The van der Waals surface area contributed by atoms with Crippen molar-refractivity contribution in [3.05, 3.63) is 29.6 Å². The van der Waals surface area contributed by atoms with E-state index in [0.29, 0.717) is 18.6 Å². The second kappa shape index (κ2) is 5.04. The van der Waals surface area contributed by atoms with Gasteiger partial charge in [-0.05, 0) is 37.5 Å². The predicted molar refractivity (Wildman–Crippen MR) is 66.5 cm³/mol. The Labute approximate surface area is 105 Å². The smallest absolute Gasteiger partial charge is 0.256 e. The van der Waals surface area contributed by atoms with E-state index in [4.69, 9.17) is 10.5 Å². The lowest BCUT2D eigenvalue weighted by atomic mass is 10.0. The first-order valence-electron chi connectivity index (χ1n) is 5.99. The number of benzene rings is 1. The van der Waals surface area contributed by atoms with Crippen LogP contribution in [0.5, 0.6) is 0 Å². The molecule has 0 aromatic heterocycles. The number of rotatable bonds is 3. The molecular weight excluding hydrogens is 235 g/mol. The third kappa shape index (κ3) is 2.52. The zero-order valence-corrected chi connectivity index (χ0v) is 10.3. The molecule has 1 unspecified atom stereocenters. The number of carbonyl (C=O) groups excluding carboxylic acids is 1. The minimum absolute atomic E-state index is 0.161. The van der Waals surface area contributed by atoms with E-state index >= 15 is 0 Å². The predicted octanol–water partition coefficient (Wildman–Crippen LogP) is 1.79. The number of hydrogen-bond donors (Lipinski definition) is 2. The highest BCUT2D eigenvalue weighted by Crippen LogP contribution is 2.27. The summed E-state index contributed by atoms with van der Waals surface area (Å²) in [4.78, 5) is 12.0. The zero-order chi connectivity index (χ0) is 13.2. The van der Waals surface area contributed by atoms with Gasteiger partial charge in [-0.25, -0.2) is 4.39 Å². The number of anilines is 1. The molecule has 5 heteroatoms. The highest BCUT2D eigenvalue weighted by atomic mass is 19.1. The highest BCUT2D eigenvalue weighted by molar-refractivity contribution is 5.97. The third-order valence-corrected chi connectivity index (χ3v) is 3.22. The molecule has 0 bridgehead atoms. The van der Waals surface area contributed by atoms with Gasteiger partial charge in [0, 0.05) is 13.2 Å². The molecule has 1 atom stereocenters. The summed E-state index contributed by atoms with van der Waals surface area (Å²) in [5.74, 6) is -0.785. The van der Waals surface area contributed by atoms with Crippen molar-refractivity contribution in [2.45, 2.75) is 31.9 Å². The molecule has 1 fully saturated rings. The Morgan fingerprint density at radius 1 is 1.61 bits per heavy atom. The van der Waals surface area contributed by atoms with Crippen LogP contribution in [-0.2, 0) is 16.1 Å². The van der Waals surface area contributed by atoms with Crippen LogP contribution in [0.1, 0.15) is 25.3 Å². The molecule has 1 aromatic carbocycles. The molecule has 2 rings (SSSR count). The summed E-state index contributed by atoms with van der Waals surface area (Å²) >= 11 is 0. The molecule has 3 N–H and O–H groups in total. The zero-order valence-electron chi connectivity index (χ0n) is 10.3. The summed E-state index contributed by atoms with van der Waals surface area (Å²) in [5, 5.41) is 2.56. The van der Waals surface area contributed by atoms with Crippen LogP contribution in [0.2, 0.25) is 0 Å². The average molecular weight is 252 g/mol. The first kappa shape index (κ1) is 13.0. The van der Waals surface area contributed by atoms with Gasteiger partial charge in [-0.2, -0.15) is 0 Å². The standard InChI is InChI=1S/C13H17FN2O2/c1-13(5-2-6-18-13)12(17)16-11-4-3-9(8-15)7-10(11)14/h3-4,7H,2,5-6,8,15H2,1H3,(H,16,17). The van der Waals surface area contributed by atoms with Crippen LogP contribution in [-0.4, -0.2) is 18.1 Å². The lowest BCUT2D eigenvalue weighted by molar-refractivity contribution is -0.133. The van der Waals surface area contributed by atoms with Crippen LogP contribution >= 0.6 is 0 Å². The third-order valence-electron chi connectivity index (χ3n) is 3.22. The first-order chi connectivity index (χ1) is 8.55. The number of hydrogen-bond acceptors (Lipinski definition) is 3. The number of nitrogens with one attached hydrogen (secondary N) is 1. The molecule has 1 aliphatic rings. The molecule has 4 nitrogen and oxygen atoms in total. The number of carbonyl (C=O) groups is 1. The largest absolute Gasteiger partial charge is 0.365 e. The van der Waals surface area contributed by atoms with Gasteiger partial charge in [0.15, 0.2) is 0 Å². The maximum Gasteiger partial charge on any atom is 0.256 e. The summed E-state index contributed by atoms with van der Waals surface area (Å²) in [7, 11) is 0. The SMILES string of the molecule is CC1(C(=O)Nc2ccc(CN)cc2F)CCCO1. The van der Waals surface area contributed by atoms with Crippen LogP contribution in [0.15, 0.2) is 18.2 Å². The number of nitrogens with two attached hydrogens (primary N) is 1. The molecule has 1 heterocycles. The van der Waals surface area contributed by atoms with Gasteiger partial charge < -0.3 is 15.8 Å². The highest BCUT2D eigenvalue weighted by Gasteiger charge is 2.37. The topological polar surface area (TPSA) is 64.4 Å². The van der Waals surface area contributed by atoms with E-state index in [1.165, 1.54) is 12.1 Å². The van der Waals surface area contributed by atoms with Crippen LogP contribution in [0, 0.1) is 5.82 Å². The van der Waals surface area contributed by atoms with Gasteiger partial charge >= 0.3 is 0 Å². The summed E-state index contributed by atoms with van der Waals surface area (Å²) in [6.45, 7) is 2.56. The summed E-state index contributed by atoms with van der Waals surface area (Å²) < 4.78 is 19.1. The summed E-state index contributed by atoms with van der Waals surface area (Å²) in [5.41, 5.74) is 5.42. The lowest BCUT2D eigenvalue weighted by Crippen LogP contribution is -2.39. The first-order valence-corrected chi connectivity index (χ1v) is 5.99. The minimum Gasteiger partial charge on any atom is -0.365 e. The van der Waals surface area contributed by atoms with E-state index in [2.05, 4.69) is 5.32 Å². The summed E-state index contributed by atoms with van der Waals surface area (Å²) in [6, 6.07) is 4.54. The van der Waals surface area contributed by atoms with Crippen LogP contribution < -0.4 is 11.1 Å². The molecule has 0 radical (unpaired) electrons. The fourth-order valence-corrected chi connectivity index (χ4v) is 2.00. The van der Waals surface area contributed by atoms with Gasteiger partial charge in [0.05, 0.1) is 5.69 Å². The molecule has 0 aliphatic carbocycles. The average Bonchev–Trinajstić information content (AvgIpc) is 2.80. The van der Waals surface area contributed by atoms with Gasteiger partial charge in [0.1, 0.15) is 11.4 Å². The van der Waals surface area contributed by atoms with Crippen LogP contribution in [0.25, 0.3) is 0 Å². The van der Waals surface area contributed by atoms with Crippen molar-refractivity contribution in [3.63, 3.8) is 0 Å². The maximum atomic E-state index is 13.7. The van der Waals surface area contributed by atoms with Crippen molar-refractivity contribution in [2.75, 3.05) is 11.9 Å². The fourth-order valence-electron chi connectivity index (χ4n) is 2.00. The normalized spacial score (nSPS) is 23.1. The number of halogens is 1. The van der Waals surface area contributed by atoms with Gasteiger partial charge in [0.2, 0.25) is 0 Å². The van der Waals surface area contributed by atoms with Crippen LogP contribution in [0.4, 0.5) is 10.1 Å². The Kier molecular flexibility index (Phi) is 3.63. The Balaban J connectivity index is 2.12. The van der Waals surface area contributed by atoms with E-state index < -0.39 is 11.4 Å². The van der Waals surface area contributed by atoms with Gasteiger partial charge in [-0.15, -0.1) is 0 Å². The Bertz CT molecular complexity index is 456. The second-order valence-corrected chi connectivity index (χ2v) is 4.66. The molecule has 1 amide bonds. The molecule has 18 heavy (non-hydrogen) atoms. The second-order valence-electron chi connectivity index (χ2n) is 4.66. The summed E-state index contributed by atoms with van der Waals surface area (Å²) in [6.07, 6.45) is 1.50. The Morgan fingerprint density at radius 3 is 2.94 bits per heavy atom. The van der Waals surface area contributed by atoms with Gasteiger partial charge in [-0.3, -0.25) is 4.79 Å².